The summed E-state index contributed by atoms with van der Waals surface area (Å²) in [7, 11) is 1.44. The van der Waals surface area contributed by atoms with Crippen molar-refractivity contribution in [3.63, 3.8) is 0 Å². The monoisotopic (exact) mass is 369 g/mol. The van der Waals surface area contributed by atoms with Gasteiger partial charge in [0.05, 0.1) is 18.8 Å². The number of methoxy groups -OCH3 is 1. The number of amides is 1. The smallest absolute Gasteiger partial charge is 0.271 e. The molecule has 1 amide bonds. The van der Waals surface area contributed by atoms with E-state index in [2.05, 4.69) is 10.5 Å². The molecule has 0 aliphatic rings. The Labute approximate surface area is 157 Å². The fourth-order valence-electron chi connectivity index (χ4n) is 2.30. The zero-order chi connectivity index (χ0) is 19.8. The minimum absolute atomic E-state index is 0.276. The van der Waals surface area contributed by atoms with Gasteiger partial charge in [-0.15, -0.1) is 0 Å². The summed E-state index contributed by atoms with van der Waals surface area (Å²) in [5.74, 6) is -1.01. The number of nitrogens with one attached hydrogen (secondary N) is 1. The predicted molar refractivity (Wildman–Crippen MR) is 99.0 cm³/mol. The van der Waals surface area contributed by atoms with Crippen LogP contribution >= 0.6 is 0 Å². The molecule has 7 nitrogen and oxygen atoms in total. The van der Waals surface area contributed by atoms with Crippen molar-refractivity contribution >= 4 is 17.6 Å². The Hall–Kier alpha value is -3.35. The number of hydrogen-bond acceptors (Lipinski definition) is 6. The second-order valence-electron chi connectivity index (χ2n) is 5.71. The molecule has 142 valence electrons. The number of carbonyl (C=O) groups excluding carboxylic acids is 2. The van der Waals surface area contributed by atoms with Crippen molar-refractivity contribution in [3.05, 3.63) is 59.2 Å². The van der Waals surface area contributed by atoms with Crippen molar-refractivity contribution in [2.24, 2.45) is 5.10 Å². The van der Waals surface area contributed by atoms with Crippen molar-refractivity contribution < 1.29 is 24.2 Å². The largest absolute Gasteiger partial charge is 0.546 e. The first-order valence-electron chi connectivity index (χ1n) is 8.39. The van der Waals surface area contributed by atoms with Crippen LogP contribution in [-0.2, 0) is 11.2 Å². The zero-order valence-corrected chi connectivity index (χ0v) is 15.4. The summed E-state index contributed by atoms with van der Waals surface area (Å²) in [6, 6.07) is 12.2. The third-order valence-electron chi connectivity index (χ3n) is 3.88. The maximum atomic E-state index is 12.2. The van der Waals surface area contributed by atoms with E-state index in [1.165, 1.54) is 7.11 Å². The van der Waals surface area contributed by atoms with E-state index in [0.29, 0.717) is 22.6 Å². The first kappa shape index (κ1) is 20.0. The molecular weight excluding hydrogens is 348 g/mol. The highest BCUT2D eigenvalue weighted by Gasteiger charge is 2.09. The predicted octanol–water partition coefficient (Wildman–Crippen LogP) is 1.54. The number of aryl methyl sites for hydroxylation is 1. The minimum Gasteiger partial charge on any atom is -0.546 e. The van der Waals surface area contributed by atoms with Gasteiger partial charge in [-0.3, -0.25) is 4.79 Å². The van der Waals surface area contributed by atoms with Crippen molar-refractivity contribution in [2.75, 3.05) is 13.7 Å². The van der Waals surface area contributed by atoms with Crippen LogP contribution in [0.15, 0.2) is 47.6 Å². The number of carboxylic acids is 1. The number of benzene rings is 2. The van der Waals surface area contributed by atoms with Gasteiger partial charge in [0.25, 0.3) is 5.91 Å². The van der Waals surface area contributed by atoms with Crippen LogP contribution in [0.1, 0.15) is 35.3 Å². The van der Waals surface area contributed by atoms with E-state index in [9.17, 15) is 14.7 Å². The molecule has 0 heterocycles. The molecule has 0 unspecified atom stereocenters. The highest BCUT2D eigenvalue weighted by Crippen LogP contribution is 2.28. The number of hydrazone groups is 1. The molecule has 0 aliphatic heterocycles. The van der Waals surface area contributed by atoms with Gasteiger partial charge in [-0.25, -0.2) is 5.43 Å². The molecule has 0 saturated carbocycles. The highest BCUT2D eigenvalue weighted by molar-refractivity contribution is 6.01. The SMILES string of the molecule is CCc1ccc(C(=O)N/N=C(/C)c2ccc(OCC(=O)[O-])c(OC)c2)cc1. The van der Waals surface area contributed by atoms with Crippen molar-refractivity contribution in [2.45, 2.75) is 20.3 Å². The molecule has 0 aromatic heterocycles. The van der Waals surface area contributed by atoms with Crippen LogP contribution in [0.3, 0.4) is 0 Å². The summed E-state index contributed by atoms with van der Waals surface area (Å²) in [6.07, 6.45) is 0.906. The summed E-state index contributed by atoms with van der Waals surface area (Å²) in [4.78, 5) is 22.7. The average Bonchev–Trinajstić information content (AvgIpc) is 2.69. The van der Waals surface area contributed by atoms with Gasteiger partial charge in [0, 0.05) is 11.1 Å². The van der Waals surface area contributed by atoms with E-state index >= 15 is 0 Å². The van der Waals surface area contributed by atoms with Crippen LogP contribution in [0.4, 0.5) is 0 Å². The number of carbonyl (C=O) groups is 2. The Morgan fingerprint density at radius 2 is 1.74 bits per heavy atom. The summed E-state index contributed by atoms with van der Waals surface area (Å²) in [6.45, 7) is 3.21. The first-order chi connectivity index (χ1) is 12.9. The fraction of sp³-hybridized carbons (Fsp3) is 0.250. The van der Waals surface area contributed by atoms with Crippen LogP contribution in [-0.4, -0.2) is 31.3 Å². The fourth-order valence-corrected chi connectivity index (χ4v) is 2.30. The maximum Gasteiger partial charge on any atom is 0.271 e. The van der Waals surface area contributed by atoms with Gasteiger partial charge in [-0.05, 0) is 49.2 Å². The topological polar surface area (TPSA) is 100 Å². The van der Waals surface area contributed by atoms with Gasteiger partial charge >= 0.3 is 0 Å². The van der Waals surface area contributed by atoms with E-state index in [-0.39, 0.29) is 11.7 Å². The van der Waals surface area contributed by atoms with Gasteiger partial charge in [-0.2, -0.15) is 5.10 Å². The Balaban J connectivity index is 2.09. The van der Waals surface area contributed by atoms with Crippen molar-refractivity contribution in [1.29, 1.82) is 0 Å². The molecule has 27 heavy (non-hydrogen) atoms. The van der Waals surface area contributed by atoms with Gasteiger partial charge in [0.1, 0.15) is 6.61 Å². The van der Waals surface area contributed by atoms with E-state index in [1.807, 2.05) is 19.1 Å². The van der Waals surface area contributed by atoms with Crippen LogP contribution in [0, 0.1) is 0 Å². The van der Waals surface area contributed by atoms with E-state index in [0.717, 1.165) is 12.0 Å². The summed E-state index contributed by atoms with van der Waals surface area (Å²) >= 11 is 0. The molecule has 2 aromatic rings. The van der Waals surface area contributed by atoms with E-state index in [4.69, 9.17) is 9.47 Å². The first-order valence-corrected chi connectivity index (χ1v) is 8.39. The third-order valence-corrected chi connectivity index (χ3v) is 3.88. The second-order valence-corrected chi connectivity index (χ2v) is 5.71. The third kappa shape index (κ3) is 5.57. The number of nitrogens with zero attached hydrogens (tertiary/aromatic N) is 1. The number of aliphatic carboxylic acids is 1. The Bertz CT molecular complexity index is 844. The Morgan fingerprint density at radius 1 is 1.07 bits per heavy atom. The molecule has 0 fully saturated rings. The minimum atomic E-state index is -1.33. The quantitative estimate of drug-likeness (QED) is 0.562. The molecule has 0 radical (unpaired) electrons. The summed E-state index contributed by atoms with van der Waals surface area (Å²) in [5.41, 5.74) is 5.43. The lowest BCUT2D eigenvalue weighted by Gasteiger charge is -2.12. The lowest BCUT2D eigenvalue weighted by molar-refractivity contribution is -0.307. The molecule has 1 N–H and O–H groups in total. The average molecular weight is 369 g/mol. The van der Waals surface area contributed by atoms with Gasteiger partial charge < -0.3 is 19.4 Å². The second kappa shape index (κ2) is 9.38. The molecule has 0 aliphatic carbocycles. The normalized spacial score (nSPS) is 11.0. The van der Waals surface area contributed by atoms with Crippen molar-refractivity contribution in [1.82, 2.24) is 5.43 Å². The van der Waals surface area contributed by atoms with Crippen LogP contribution in [0.2, 0.25) is 0 Å². The van der Waals surface area contributed by atoms with Crippen LogP contribution < -0.4 is 20.0 Å². The number of hydrogen-bond donors (Lipinski definition) is 1. The number of carboxylic acid groups (broad SMARTS) is 1. The summed E-state index contributed by atoms with van der Waals surface area (Å²) < 4.78 is 10.3. The number of rotatable bonds is 8. The molecule has 0 saturated heterocycles. The lowest BCUT2D eigenvalue weighted by atomic mass is 10.1. The van der Waals surface area contributed by atoms with Gasteiger partial charge in [0.2, 0.25) is 0 Å². The molecule has 2 aromatic carbocycles. The molecule has 7 heteroatoms. The Morgan fingerprint density at radius 3 is 2.33 bits per heavy atom. The van der Waals surface area contributed by atoms with Crippen LogP contribution in [0.25, 0.3) is 0 Å². The van der Waals surface area contributed by atoms with Gasteiger partial charge in [-0.1, -0.05) is 19.1 Å². The zero-order valence-electron chi connectivity index (χ0n) is 15.4. The number of ether oxygens (including phenoxy) is 2. The molecule has 0 spiro atoms. The Kier molecular flexibility index (Phi) is 6.93. The summed E-state index contributed by atoms with van der Waals surface area (Å²) in [5, 5.41) is 14.6. The van der Waals surface area contributed by atoms with Crippen molar-refractivity contribution in [3.8, 4) is 11.5 Å². The van der Waals surface area contributed by atoms with Crippen LogP contribution in [0.5, 0.6) is 11.5 Å². The van der Waals surface area contributed by atoms with E-state index in [1.54, 1.807) is 37.3 Å². The lowest BCUT2D eigenvalue weighted by Crippen LogP contribution is -2.29. The maximum absolute atomic E-state index is 12.2. The highest BCUT2D eigenvalue weighted by atomic mass is 16.5. The van der Waals surface area contributed by atoms with Gasteiger partial charge in [0.15, 0.2) is 11.5 Å². The molecule has 2 rings (SSSR count). The standard InChI is InChI=1S/C20H22N2O5/c1-4-14-5-7-15(8-6-14)20(25)22-21-13(2)16-9-10-17(18(11-16)26-3)27-12-19(23)24/h5-11H,4,12H2,1-3H3,(H,22,25)(H,23,24)/p-1/b21-13-. The molecular formula is C20H21N2O5-. The molecule has 0 bridgehead atoms. The molecule has 0 atom stereocenters. The van der Waals surface area contributed by atoms with E-state index < -0.39 is 12.6 Å².